The molecule has 0 unspecified atom stereocenters. The Morgan fingerprint density at radius 3 is 2.70 bits per heavy atom. The van der Waals surface area contributed by atoms with Crippen molar-refractivity contribution in [1.82, 2.24) is 5.32 Å². The fourth-order valence-electron chi connectivity index (χ4n) is 1.38. The lowest BCUT2D eigenvalue weighted by Crippen LogP contribution is -2.29. The number of amides is 1. The number of nitrogens with zero attached hydrogens (tertiary/aromatic N) is 1. The van der Waals surface area contributed by atoms with Crippen LogP contribution in [0.1, 0.15) is 11.1 Å². The largest absolute Gasteiger partial charge is 0.483 e. The number of carbonyl (C=O) groups excluding carboxylic acids is 1. The number of hydrogen-bond acceptors (Lipinski definition) is 4. The molecule has 1 rings (SSSR count). The van der Waals surface area contributed by atoms with E-state index in [4.69, 9.17) is 15.7 Å². The first-order chi connectivity index (χ1) is 9.38. The van der Waals surface area contributed by atoms with E-state index in [0.717, 1.165) is 12.1 Å². The van der Waals surface area contributed by atoms with Gasteiger partial charge in [-0.25, -0.2) is 0 Å². The number of hydrogen-bond donors (Lipinski definition) is 2. The predicted molar refractivity (Wildman–Crippen MR) is 63.5 cm³/mol. The van der Waals surface area contributed by atoms with Gasteiger partial charge in [-0.15, -0.1) is 0 Å². The highest BCUT2D eigenvalue weighted by molar-refractivity contribution is 5.77. The molecular formula is C12H12F3N3O2. The summed E-state index contributed by atoms with van der Waals surface area (Å²) in [5.74, 6) is -1.13. The van der Waals surface area contributed by atoms with Crippen LogP contribution in [-0.4, -0.2) is 19.1 Å². The third-order valence-electron chi connectivity index (χ3n) is 2.31. The summed E-state index contributed by atoms with van der Waals surface area (Å²) in [6.07, 6.45) is -4.61. The zero-order chi connectivity index (χ0) is 15.2. The minimum Gasteiger partial charge on any atom is -0.483 e. The molecule has 20 heavy (non-hydrogen) atoms. The van der Waals surface area contributed by atoms with Crippen molar-refractivity contribution >= 4 is 5.91 Å². The minimum absolute atomic E-state index is 0.0357. The molecule has 0 saturated heterocycles. The second-order valence-electron chi connectivity index (χ2n) is 3.76. The lowest BCUT2D eigenvalue weighted by Gasteiger charge is -2.14. The first-order valence-corrected chi connectivity index (χ1v) is 5.55. The zero-order valence-electron chi connectivity index (χ0n) is 10.3. The van der Waals surface area contributed by atoms with Crippen LogP contribution >= 0.6 is 0 Å². The lowest BCUT2D eigenvalue weighted by molar-refractivity contribution is -0.139. The standard InChI is InChI=1S/C12H12F3N3O2/c13-12(14,15)9-5-8(6-17)1-2-10(9)20-7-11(19)18-4-3-16/h1-2,5H,4,6-7,17H2,(H,18,19). The monoisotopic (exact) mass is 287 g/mol. The molecule has 0 aliphatic carbocycles. The van der Waals surface area contributed by atoms with Crippen molar-refractivity contribution < 1.29 is 22.7 Å². The first-order valence-electron chi connectivity index (χ1n) is 5.55. The molecule has 0 bridgehead atoms. The highest BCUT2D eigenvalue weighted by atomic mass is 19.4. The zero-order valence-corrected chi connectivity index (χ0v) is 10.3. The Balaban J connectivity index is 2.84. The Labute approximate surface area is 113 Å². The van der Waals surface area contributed by atoms with Gasteiger partial charge in [0.2, 0.25) is 0 Å². The van der Waals surface area contributed by atoms with Crippen LogP contribution in [0.3, 0.4) is 0 Å². The summed E-state index contributed by atoms with van der Waals surface area (Å²) in [5.41, 5.74) is 4.60. The van der Waals surface area contributed by atoms with Gasteiger partial charge in [-0.2, -0.15) is 18.4 Å². The van der Waals surface area contributed by atoms with Gasteiger partial charge in [0.25, 0.3) is 5.91 Å². The first kappa shape index (κ1) is 15.8. The average Bonchev–Trinajstić information content (AvgIpc) is 2.41. The van der Waals surface area contributed by atoms with Crippen LogP contribution in [0, 0.1) is 11.3 Å². The third kappa shape index (κ3) is 4.44. The molecule has 108 valence electrons. The third-order valence-corrected chi connectivity index (χ3v) is 2.31. The number of nitrogens with two attached hydrogens (primary N) is 1. The lowest BCUT2D eigenvalue weighted by atomic mass is 10.1. The van der Waals surface area contributed by atoms with Gasteiger partial charge in [-0.1, -0.05) is 6.07 Å². The molecule has 5 nitrogen and oxygen atoms in total. The van der Waals surface area contributed by atoms with Crippen molar-refractivity contribution in [2.75, 3.05) is 13.2 Å². The number of rotatable bonds is 5. The van der Waals surface area contributed by atoms with E-state index >= 15 is 0 Å². The van der Waals surface area contributed by atoms with Crippen molar-refractivity contribution in [1.29, 1.82) is 5.26 Å². The second kappa shape index (κ2) is 6.77. The Morgan fingerprint density at radius 2 is 2.15 bits per heavy atom. The molecule has 0 saturated carbocycles. The minimum atomic E-state index is -4.61. The van der Waals surface area contributed by atoms with Crippen molar-refractivity contribution in [2.24, 2.45) is 5.73 Å². The Kier molecular flexibility index (Phi) is 5.34. The molecule has 1 aromatic rings. The van der Waals surface area contributed by atoms with E-state index in [1.165, 1.54) is 6.07 Å². The van der Waals surface area contributed by atoms with Crippen LogP contribution in [0.5, 0.6) is 5.75 Å². The van der Waals surface area contributed by atoms with Crippen LogP contribution in [0.15, 0.2) is 18.2 Å². The second-order valence-corrected chi connectivity index (χ2v) is 3.76. The summed E-state index contributed by atoms with van der Waals surface area (Å²) in [4.78, 5) is 11.2. The molecule has 1 amide bonds. The van der Waals surface area contributed by atoms with Crippen molar-refractivity contribution in [3.8, 4) is 11.8 Å². The van der Waals surface area contributed by atoms with Gasteiger partial charge in [0.05, 0.1) is 11.6 Å². The molecule has 8 heteroatoms. The van der Waals surface area contributed by atoms with E-state index in [1.54, 1.807) is 6.07 Å². The summed E-state index contributed by atoms with van der Waals surface area (Å²) in [6, 6.07) is 5.04. The van der Waals surface area contributed by atoms with Crippen LogP contribution in [-0.2, 0) is 17.5 Å². The molecule has 0 aromatic heterocycles. The molecule has 1 aromatic carbocycles. The Bertz CT molecular complexity index is 524. The van der Waals surface area contributed by atoms with Gasteiger partial charge in [0.15, 0.2) is 6.61 Å². The number of benzene rings is 1. The van der Waals surface area contributed by atoms with Gasteiger partial charge in [0, 0.05) is 6.54 Å². The Morgan fingerprint density at radius 1 is 1.45 bits per heavy atom. The van der Waals surface area contributed by atoms with Gasteiger partial charge in [-0.05, 0) is 17.7 Å². The fourth-order valence-corrected chi connectivity index (χ4v) is 1.38. The van der Waals surface area contributed by atoms with Crippen LogP contribution in [0.4, 0.5) is 13.2 Å². The summed E-state index contributed by atoms with van der Waals surface area (Å²) >= 11 is 0. The summed E-state index contributed by atoms with van der Waals surface area (Å²) in [7, 11) is 0. The van der Waals surface area contributed by atoms with E-state index in [0.29, 0.717) is 5.56 Å². The number of nitriles is 1. The number of halogens is 3. The maximum atomic E-state index is 12.8. The molecule has 0 aliphatic rings. The molecule has 0 fully saturated rings. The summed E-state index contributed by atoms with van der Waals surface area (Å²) in [5, 5.41) is 10.4. The summed E-state index contributed by atoms with van der Waals surface area (Å²) in [6.45, 7) is -0.876. The molecule has 3 N–H and O–H groups in total. The summed E-state index contributed by atoms with van der Waals surface area (Å²) < 4.78 is 43.3. The van der Waals surface area contributed by atoms with Crippen molar-refractivity contribution in [3.05, 3.63) is 29.3 Å². The molecular weight excluding hydrogens is 275 g/mol. The SMILES string of the molecule is N#CCNC(=O)COc1ccc(CN)cc1C(F)(F)F. The maximum absolute atomic E-state index is 12.8. The van der Waals surface area contributed by atoms with Crippen LogP contribution in [0.2, 0.25) is 0 Å². The van der Waals surface area contributed by atoms with Gasteiger partial charge in [0.1, 0.15) is 12.3 Å². The molecule has 0 radical (unpaired) electrons. The van der Waals surface area contributed by atoms with Gasteiger partial charge < -0.3 is 15.8 Å². The van der Waals surface area contributed by atoms with Gasteiger partial charge in [-0.3, -0.25) is 4.79 Å². The molecule has 0 aliphatic heterocycles. The van der Waals surface area contributed by atoms with Crippen molar-refractivity contribution in [3.63, 3.8) is 0 Å². The fraction of sp³-hybridized carbons (Fsp3) is 0.333. The van der Waals surface area contributed by atoms with E-state index in [-0.39, 0.29) is 13.1 Å². The highest BCUT2D eigenvalue weighted by Gasteiger charge is 2.34. The quantitative estimate of drug-likeness (QED) is 0.796. The van der Waals surface area contributed by atoms with Crippen LogP contribution < -0.4 is 15.8 Å². The van der Waals surface area contributed by atoms with Crippen molar-refractivity contribution in [2.45, 2.75) is 12.7 Å². The number of nitrogens with one attached hydrogen (secondary N) is 1. The molecule has 0 atom stereocenters. The molecule has 0 heterocycles. The van der Waals surface area contributed by atoms with Crippen LogP contribution in [0.25, 0.3) is 0 Å². The van der Waals surface area contributed by atoms with E-state index < -0.39 is 30.0 Å². The predicted octanol–water partition coefficient (Wildman–Crippen LogP) is 1.18. The topological polar surface area (TPSA) is 88.1 Å². The normalized spacial score (nSPS) is 10.8. The van der Waals surface area contributed by atoms with E-state index in [1.807, 2.05) is 0 Å². The smallest absolute Gasteiger partial charge is 0.419 e. The van der Waals surface area contributed by atoms with E-state index in [9.17, 15) is 18.0 Å². The average molecular weight is 287 g/mol. The number of alkyl halides is 3. The maximum Gasteiger partial charge on any atom is 0.419 e. The Hall–Kier alpha value is -2.27. The molecule has 0 spiro atoms. The number of carbonyl (C=O) groups is 1. The van der Waals surface area contributed by atoms with E-state index in [2.05, 4.69) is 5.32 Å². The highest BCUT2D eigenvalue weighted by Crippen LogP contribution is 2.36. The number of ether oxygens (including phenoxy) is 1. The van der Waals surface area contributed by atoms with Gasteiger partial charge >= 0.3 is 6.18 Å².